The second kappa shape index (κ2) is 7.92. The Morgan fingerprint density at radius 3 is 2.57 bits per heavy atom. The highest BCUT2D eigenvalue weighted by molar-refractivity contribution is 5.14. The van der Waals surface area contributed by atoms with Crippen LogP contribution in [0, 0.1) is 5.92 Å². The van der Waals surface area contributed by atoms with Crippen LogP contribution in [0.1, 0.15) is 39.2 Å². The molecule has 1 heterocycles. The van der Waals surface area contributed by atoms with Crippen molar-refractivity contribution < 1.29 is 5.11 Å². The van der Waals surface area contributed by atoms with Crippen molar-refractivity contribution in [2.24, 2.45) is 5.92 Å². The molecule has 4 unspecified atom stereocenters. The molecule has 0 spiro atoms. The van der Waals surface area contributed by atoms with E-state index in [0.29, 0.717) is 18.0 Å². The summed E-state index contributed by atoms with van der Waals surface area (Å²) in [5, 5.41) is 13.7. The van der Waals surface area contributed by atoms with E-state index in [1.807, 2.05) is 6.92 Å². The molecule has 118 valence electrons. The smallest absolute Gasteiger partial charge is 0.0553 e. The molecule has 2 rings (SSSR count). The molecular formula is C18H30N2O. The maximum Gasteiger partial charge on any atom is 0.0553 e. The summed E-state index contributed by atoms with van der Waals surface area (Å²) in [5.41, 5.74) is 1.33. The van der Waals surface area contributed by atoms with Crippen molar-refractivity contribution in [3.05, 3.63) is 35.9 Å². The highest BCUT2D eigenvalue weighted by Gasteiger charge is 2.31. The highest BCUT2D eigenvalue weighted by Crippen LogP contribution is 2.23. The van der Waals surface area contributed by atoms with Gasteiger partial charge in [-0.3, -0.25) is 4.90 Å². The lowest BCUT2D eigenvalue weighted by atomic mass is 9.89. The first-order chi connectivity index (χ1) is 10.1. The zero-order chi connectivity index (χ0) is 15.2. The maximum atomic E-state index is 10.00. The van der Waals surface area contributed by atoms with Crippen LogP contribution >= 0.6 is 0 Å². The van der Waals surface area contributed by atoms with Gasteiger partial charge in [-0.25, -0.2) is 0 Å². The van der Waals surface area contributed by atoms with Gasteiger partial charge in [0.2, 0.25) is 0 Å². The average molecular weight is 290 g/mol. The van der Waals surface area contributed by atoms with E-state index < -0.39 is 0 Å². The highest BCUT2D eigenvalue weighted by atomic mass is 16.3. The van der Waals surface area contributed by atoms with Gasteiger partial charge in [-0.2, -0.15) is 0 Å². The molecule has 0 radical (unpaired) electrons. The van der Waals surface area contributed by atoms with Gasteiger partial charge in [0.1, 0.15) is 0 Å². The van der Waals surface area contributed by atoms with Crippen LogP contribution in [0.15, 0.2) is 30.3 Å². The van der Waals surface area contributed by atoms with Gasteiger partial charge in [0.15, 0.2) is 0 Å². The Morgan fingerprint density at radius 1 is 1.24 bits per heavy atom. The summed E-state index contributed by atoms with van der Waals surface area (Å²) in [5.74, 6) is 0.376. The van der Waals surface area contributed by atoms with E-state index in [2.05, 4.69) is 54.4 Å². The molecule has 0 aromatic heterocycles. The number of hydrogen-bond acceptors (Lipinski definition) is 3. The van der Waals surface area contributed by atoms with Crippen molar-refractivity contribution in [3.8, 4) is 0 Å². The summed E-state index contributed by atoms with van der Waals surface area (Å²) in [4.78, 5) is 2.53. The molecule has 1 aromatic carbocycles. The Morgan fingerprint density at radius 2 is 1.95 bits per heavy atom. The number of likely N-dealkylation sites (tertiary alicyclic amines) is 1. The molecule has 4 atom stereocenters. The molecule has 0 aliphatic carbocycles. The average Bonchev–Trinajstić information content (AvgIpc) is 2.52. The van der Waals surface area contributed by atoms with Crippen LogP contribution in [0.2, 0.25) is 0 Å². The number of piperidine rings is 1. The number of nitrogens with zero attached hydrogens (tertiary/aromatic N) is 1. The standard InChI is InChI=1S/C18H30N2O/c1-4-14(2)20-12-17(15(3)21)10-18(13-20)19-11-16-8-6-5-7-9-16/h5-9,14-15,17-19,21H,4,10-13H2,1-3H3. The first-order valence-corrected chi connectivity index (χ1v) is 8.29. The largest absolute Gasteiger partial charge is 0.393 e. The number of nitrogens with one attached hydrogen (secondary N) is 1. The third kappa shape index (κ3) is 4.80. The number of hydrogen-bond donors (Lipinski definition) is 2. The molecule has 3 heteroatoms. The van der Waals surface area contributed by atoms with E-state index in [1.165, 1.54) is 5.56 Å². The van der Waals surface area contributed by atoms with Gasteiger partial charge in [-0.15, -0.1) is 0 Å². The molecular weight excluding hydrogens is 260 g/mol. The summed E-state index contributed by atoms with van der Waals surface area (Å²) in [6.45, 7) is 9.48. The van der Waals surface area contributed by atoms with E-state index in [4.69, 9.17) is 0 Å². The van der Waals surface area contributed by atoms with Crippen molar-refractivity contribution in [1.82, 2.24) is 10.2 Å². The van der Waals surface area contributed by atoms with E-state index in [-0.39, 0.29) is 6.10 Å². The van der Waals surface area contributed by atoms with E-state index in [1.54, 1.807) is 0 Å². The Labute approximate surface area is 129 Å². The monoisotopic (exact) mass is 290 g/mol. The minimum atomic E-state index is -0.224. The van der Waals surface area contributed by atoms with Crippen molar-refractivity contribution >= 4 is 0 Å². The third-order valence-corrected chi connectivity index (χ3v) is 4.85. The lowest BCUT2D eigenvalue weighted by molar-refractivity contribution is 0.0313. The summed E-state index contributed by atoms with van der Waals surface area (Å²) in [7, 11) is 0. The second-order valence-corrected chi connectivity index (χ2v) is 6.51. The minimum absolute atomic E-state index is 0.224. The number of aliphatic hydroxyl groups is 1. The van der Waals surface area contributed by atoms with Crippen LogP contribution in [0.3, 0.4) is 0 Å². The number of aliphatic hydroxyl groups excluding tert-OH is 1. The fraction of sp³-hybridized carbons (Fsp3) is 0.667. The molecule has 2 N–H and O–H groups in total. The fourth-order valence-corrected chi connectivity index (χ4v) is 3.15. The zero-order valence-electron chi connectivity index (χ0n) is 13.6. The zero-order valence-corrected chi connectivity index (χ0v) is 13.6. The lowest BCUT2D eigenvalue weighted by Crippen LogP contribution is -2.53. The predicted octanol–water partition coefficient (Wildman–Crippen LogP) is 2.65. The summed E-state index contributed by atoms with van der Waals surface area (Å²) >= 11 is 0. The molecule has 1 aromatic rings. The molecule has 3 nitrogen and oxygen atoms in total. The predicted molar refractivity (Wildman–Crippen MR) is 88.2 cm³/mol. The second-order valence-electron chi connectivity index (χ2n) is 6.51. The van der Waals surface area contributed by atoms with Gasteiger partial charge in [-0.1, -0.05) is 37.3 Å². The van der Waals surface area contributed by atoms with E-state index >= 15 is 0 Å². The Balaban J connectivity index is 1.94. The quantitative estimate of drug-likeness (QED) is 0.845. The molecule has 1 aliphatic rings. The summed E-state index contributed by atoms with van der Waals surface area (Å²) in [6, 6.07) is 11.6. The van der Waals surface area contributed by atoms with Crippen LogP contribution in [0.4, 0.5) is 0 Å². The molecule has 1 fully saturated rings. The maximum absolute atomic E-state index is 10.00. The molecule has 0 bridgehead atoms. The molecule has 0 amide bonds. The van der Waals surface area contributed by atoms with Crippen LogP contribution in [-0.4, -0.2) is 41.3 Å². The summed E-state index contributed by atoms with van der Waals surface area (Å²) in [6.07, 6.45) is 2.01. The van der Waals surface area contributed by atoms with Gasteiger partial charge in [0.25, 0.3) is 0 Å². The topological polar surface area (TPSA) is 35.5 Å². The molecule has 0 saturated carbocycles. The first kappa shape index (κ1) is 16.5. The molecule has 1 aliphatic heterocycles. The van der Waals surface area contributed by atoms with Gasteiger partial charge in [-0.05, 0) is 38.2 Å². The Kier molecular flexibility index (Phi) is 6.22. The number of rotatable bonds is 6. The van der Waals surface area contributed by atoms with Crippen molar-refractivity contribution in [1.29, 1.82) is 0 Å². The van der Waals surface area contributed by atoms with Gasteiger partial charge < -0.3 is 10.4 Å². The van der Waals surface area contributed by atoms with Gasteiger partial charge in [0.05, 0.1) is 6.10 Å². The van der Waals surface area contributed by atoms with Gasteiger partial charge in [0, 0.05) is 31.7 Å². The van der Waals surface area contributed by atoms with Crippen molar-refractivity contribution in [2.75, 3.05) is 13.1 Å². The fourth-order valence-electron chi connectivity index (χ4n) is 3.15. The molecule has 21 heavy (non-hydrogen) atoms. The Bertz CT molecular complexity index is 407. The molecule has 1 saturated heterocycles. The van der Waals surface area contributed by atoms with Crippen LogP contribution < -0.4 is 5.32 Å². The summed E-state index contributed by atoms with van der Waals surface area (Å²) < 4.78 is 0. The number of benzene rings is 1. The van der Waals surface area contributed by atoms with Crippen molar-refractivity contribution in [2.45, 2.75) is 58.3 Å². The minimum Gasteiger partial charge on any atom is -0.393 e. The normalized spacial score (nSPS) is 26.5. The van der Waals surface area contributed by atoms with Gasteiger partial charge >= 0.3 is 0 Å². The van der Waals surface area contributed by atoms with E-state index in [0.717, 1.165) is 32.5 Å². The van der Waals surface area contributed by atoms with Crippen LogP contribution in [0.5, 0.6) is 0 Å². The Hall–Kier alpha value is -0.900. The third-order valence-electron chi connectivity index (χ3n) is 4.85. The SMILES string of the molecule is CCC(C)N1CC(NCc2ccccc2)CC(C(C)O)C1. The van der Waals surface area contributed by atoms with Crippen molar-refractivity contribution in [3.63, 3.8) is 0 Å². The van der Waals surface area contributed by atoms with Crippen LogP contribution in [-0.2, 0) is 6.54 Å². The van der Waals surface area contributed by atoms with E-state index in [9.17, 15) is 5.11 Å². The van der Waals surface area contributed by atoms with Crippen LogP contribution in [0.25, 0.3) is 0 Å². The first-order valence-electron chi connectivity index (χ1n) is 8.29. The lowest BCUT2D eigenvalue weighted by Gasteiger charge is -2.42.